The van der Waals surface area contributed by atoms with Crippen molar-refractivity contribution in [3.8, 4) is 0 Å². The van der Waals surface area contributed by atoms with Gasteiger partial charge >= 0.3 is 0 Å². The summed E-state index contributed by atoms with van der Waals surface area (Å²) in [7, 11) is 0. The van der Waals surface area contributed by atoms with E-state index in [1.54, 1.807) is 19.2 Å². The maximum absolute atomic E-state index is 11.4. The Morgan fingerprint density at radius 3 is 3.07 bits per heavy atom. The molecule has 0 spiro atoms. The molecule has 1 aromatic rings. The van der Waals surface area contributed by atoms with E-state index in [0.717, 1.165) is 4.47 Å². The molecule has 0 bridgehead atoms. The largest absolute Gasteiger partial charge is 0.381 e. The first-order chi connectivity index (χ1) is 7.08. The Balaban J connectivity index is 2.42. The predicted octanol–water partition coefficient (Wildman–Crippen LogP) is 0.957. The average Bonchev–Trinajstić information content (AvgIpc) is 2.29. The van der Waals surface area contributed by atoms with Gasteiger partial charge in [-0.3, -0.25) is 4.79 Å². The number of hydrogen-bond acceptors (Lipinski definition) is 4. The van der Waals surface area contributed by atoms with Crippen LogP contribution in [0.4, 0.5) is 11.5 Å². The zero-order valence-corrected chi connectivity index (χ0v) is 9.58. The highest BCUT2D eigenvalue weighted by molar-refractivity contribution is 9.10. The summed E-state index contributed by atoms with van der Waals surface area (Å²) in [5.41, 5.74) is 0.696. The van der Waals surface area contributed by atoms with Crippen LogP contribution in [0.15, 0.2) is 16.7 Å². The Kier molecular flexibility index (Phi) is 2.62. The quantitative estimate of drug-likeness (QED) is 0.657. The van der Waals surface area contributed by atoms with Gasteiger partial charge in [0, 0.05) is 10.7 Å². The van der Waals surface area contributed by atoms with Gasteiger partial charge in [-0.15, -0.1) is 0 Å². The van der Waals surface area contributed by atoms with Crippen molar-refractivity contribution in [1.82, 2.24) is 4.98 Å². The Morgan fingerprint density at radius 2 is 2.33 bits per heavy atom. The zero-order valence-electron chi connectivity index (χ0n) is 7.99. The molecule has 80 valence electrons. The number of aromatic nitrogens is 1. The van der Waals surface area contributed by atoms with Gasteiger partial charge in [-0.1, -0.05) is 0 Å². The zero-order chi connectivity index (χ0) is 11.0. The molecule has 0 aromatic carbocycles. The Morgan fingerprint density at radius 1 is 1.60 bits per heavy atom. The second-order valence-corrected chi connectivity index (χ2v) is 4.33. The van der Waals surface area contributed by atoms with Crippen LogP contribution in [-0.2, 0) is 4.79 Å². The molecule has 1 aliphatic rings. The highest BCUT2D eigenvalue weighted by Gasteiger charge is 2.27. The molecule has 5 nitrogen and oxygen atoms in total. The molecule has 0 saturated carbocycles. The number of carbonyl (C=O) groups is 1. The SMILES string of the molecule is C[C@H]1Nc2cc(Br)cnc2NC(=O)[C@H]1O. The number of amides is 1. The van der Waals surface area contributed by atoms with E-state index in [-0.39, 0.29) is 6.04 Å². The van der Waals surface area contributed by atoms with Crippen LogP contribution in [0.2, 0.25) is 0 Å². The lowest BCUT2D eigenvalue weighted by atomic mass is 10.2. The van der Waals surface area contributed by atoms with Crippen molar-refractivity contribution < 1.29 is 9.90 Å². The number of halogens is 1. The number of nitrogens with one attached hydrogen (secondary N) is 2. The van der Waals surface area contributed by atoms with E-state index in [0.29, 0.717) is 11.5 Å². The van der Waals surface area contributed by atoms with Gasteiger partial charge in [0.15, 0.2) is 11.9 Å². The fourth-order valence-electron chi connectivity index (χ4n) is 1.39. The molecule has 2 atom stereocenters. The van der Waals surface area contributed by atoms with E-state index in [1.165, 1.54) is 0 Å². The van der Waals surface area contributed by atoms with E-state index in [1.807, 2.05) is 0 Å². The highest BCUT2D eigenvalue weighted by atomic mass is 79.9. The Hall–Kier alpha value is -1.14. The lowest BCUT2D eigenvalue weighted by Gasteiger charge is -2.15. The van der Waals surface area contributed by atoms with Crippen LogP contribution in [0.3, 0.4) is 0 Å². The van der Waals surface area contributed by atoms with E-state index in [2.05, 4.69) is 31.5 Å². The summed E-state index contributed by atoms with van der Waals surface area (Å²) in [4.78, 5) is 15.5. The van der Waals surface area contributed by atoms with Crippen LogP contribution in [0.1, 0.15) is 6.92 Å². The summed E-state index contributed by atoms with van der Waals surface area (Å²) < 4.78 is 0.812. The van der Waals surface area contributed by atoms with Crippen LogP contribution >= 0.6 is 15.9 Å². The van der Waals surface area contributed by atoms with E-state index < -0.39 is 12.0 Å². The first kappa shape index (κ1) is 10.4. The van der Waals surface area contributed by atoms with Crippen molar-refractivity contribution in [3.63, 3.8) is 0 Å². The molecule has 3 N–H and O–H groups in total. The minimum atomic E-state index is -1.07. The van der Waals surface area contributed by atoms with Gasteiger partial charge < -0.3 is 15.7 Å². The summed E-state index contributed by atoms with van der Waals surface area (Å²) in [6.07, 6.45) is 0.515. The third-order valence-corrected chi connectivity index (χ3v) is 2.66. The van der Waals surface area contributed by atoms with Crippen LogP contribution in [0.25, 0.3) is 0 Å². The minimum Gasteiger partial charge on any atom is -0.381 e. The molecule has 0 fully saturated rings. The molecule has 2 rings (SSSR count). The number of aliphatic hydroxyl groups excluding tert-OH is 1. The second kappa shape index (κ2) is 3.79. The molecule has 6 heteroatoms. The van der Waals surface area contributed by atoms with E-state index >= 15 is 0 Å². The first-order valence-corrected chi connectivity index (χ1v) is 5.28. The molecule has 15 heavy (non-hydrogen) atoms. The number of carbonyl (C=O) groups excluding carboxylic acids is 1. The van der Waals surface area contributed by atoms with Gasteiger partial charge in [-0.05, 0) is 28.9 Å². The lowest BCUT2D eigenvalue weighted by molar-refractivity contribution is -0.124. The Bertz CT molecular complexity index is 410. The lowest BCUT2D eigenvalue weighted by Crippen LogP contribution is -2.38. The topological polar surface area (TPSA) is 74.2 Å². The molecule has 2 heterocycles. The predicted molar refractivity (Wildman–Crippen MR) is 59.7 cm³/mol. The molecule has 0 radical (unpaired) electrons. The molecule has 1 aliphatic heterocycles. The first-order valence-electron chi connectivity index (χ1n) is 4.49. The number of fused-ring (bicyclic) bond motifs is 1. The highest BCUT2D eigenvalue weighted by Crippen LogP contribution is 2.26. The van der Waals surface area contributed by atoms with Crippen LogP contribution in [0.5, 0.6) is 0 Å². The molecule has 1 amide bonds. The van der Waals surface area contributed by atoms with Crippen molar-refractivity contribution in [1.29, 1.82) is 0 Å². The van der Waals surface area contributed by atoms with Crippen molar-refractivity contribution in [2.24, 2.45) is 0 Å². The van der Waals surface area contributed by atoms with Gasteiger partial charge in [-0.2, -0.15) is 0 Å². The second-order valence-electron chi connectivity index (χ2n) is 3.42. The summed E-state index contributed by atoms with van der Waals surface area (Å²) in [6.45, 7) is 1.74. The van der Waals surface area contributed by atoms with Crippen molar-refractivity contribution in [2.75, 3.05) is 10.6 Å². The van der Waals surface area contributed by atoms with Crippen LogP contribution in [0, 0.1) is 0 Å². The molecular weight excluding hydrogens is 262 g/mol. The number of hydrogen-bond donors (Lipinski definition) is 3. The molecule has 0 saturated heterocycles. The minimum absolute atomic E-state index is 0.345. The smallest absolute Gasteiger partial charge is 0.256 e. The van der Waals surface area contributed by atoms with Crippen LogP contribution < -0.4 is 10.6 Å². The van der Waals surface area contributed by atoms with Crippen molar-refractivity contribution in [2.45, 2.75) is 19.1 Å². The number of rotatable bonds is 0. The number of anilines is 2. The molecule has 0 unspecified atom stereocenters. The van der Waals surface area contributed by atoms with Crippen molar-refractivity contribution in [3.05, 3.63) is 16.7 Å². The Labute approximate surface area is 95.0 Å². The number of aliphatic hydroxyl groups is 1. The number of pyridine rings is 1. The summed E-state index contributed by atoms with van der Waals surface area (Å²) >= 11 is 3.29. The summed E-state index contributed by atoms with van der Waals surface area (Å²) in [5, 5.41) is 15.1. The standard InChI is InChI=1S/C9H10BrN3O2/c1-4-7(14)9(15)13-8-6(12-4)2-5(10)3-11-8/h2-4,7,12,14H,1H3,(H,11,13,15)/t4-,7+/m1/s1. The summed E-state index contributed by atoms with van der Waals surface area (Å²) in [6, 6.07) is 1.46. The van der Waals surface area contributed by atoms with Crippen LogP contribution in [-0.4, -0.2) is 28.1 Å². The normalized spacial score (nSPS) is 24.9. The van der Waals surface area contributed by atoms with Gasteiger partial charge in [0.1, 0.15) is 0 Å². The van der Waals surface area contributed by atoms with Gasteiger partial charge in [0.2, 0.25) is 0 Å². The molecule has 0 aliphatic carbocycles. The molecule has 1 aromatic heterocycles. The van der Waals surface area contributed by atoms with Crippen molar-refractivity contribution >= 4 is 33.3 Å². The third-order valence-electron chi connectivity index (χ3n) is 2.22. The molecular formula is C9H10BrN3O2. The fraction of sp³-hybridized carbons (Fsp3) is 0.333. The maximum Gasteiger partial charge on any atom is 0.256 e. The van der Waals surface area contributed by atoms with Gasteiger partial charge in [0.25, 0.3) is 5.91 Å². The third kappa shape index (κ3) is 1.95. The maximum atomic E-state index is 11.4. The number of nitrogens with zero attached hydrogens (tertiary/aromatic N) is 1. The van der Waals surface area contributed by atoms with E-state index in [4.69, 9.17) is 0 Å². The summed E-state index contributed by atoms with van der Waals surface area (Å²) in [5.74, 6) is -0.00447. The fourth-order valence-corrected chi connectivity index (χ4v) is 1.72. The monoisotopic (exact) mass is 271 g/mol. The average molecular weight is 272 g/mol. The van der Waals surface area contributed by atoms with Gasteiger partial charge in [-0.25, -0.2) is 4.98 Å². The van der Waals surface area contributed by atoms with E-state index in [9.17, 15) is 9.90 Å². The van der Waals surface area contributed by atoms with Gasteiger partial charge in [0.05, 0.1) is 11.7 Å².